The molecule has 4 heteroatoms. The molecule has 2 aromatic rings. The Bertz CT molecular complexity index is 575. The predicted octanol–water partition coefficient (Wildman–Crippen LogP) is 2.97. The van der Waals surface area contributed by atoms with Gasteiger partial charge in [0.25, 0.3) is 0 Å². The quantitative estimate of drug-likeness (QED) is 0.859. The van der Waals surface area contributed by atoms with Crippen LogP contribution in [0.5, 0.6) is 0 Å². The third kappa shape index (κ3) is 2.42. The highest BCUT2D eigenvalue weighted by molar-refractivity contribution is 7.07. The summed E-state index contributed by atoms with van der Waals surface area (Å²) in [6.45, 7) is 3.16. The van der Waals surface area contributed by atoms with Crippen LogP contribution >= 0.6 is 11.3 Å². The summed E-state index contributed by atoms with van der Waals surface area (Å²) in [5.74, 6) is 1.75. The normalized spacial score (nSPS) is 19.4. The number of rotatable bonds is 3. The minimum absolute atomic E-state index is 0.661. The van der Waals surface area contributed by atoms with Crippen LogP contribution in [-0.2, 0) is 19.5 Å². The molecule has 0 bridgehead atoms. The van der Waals surface area contributed by atoms with Gasteiger partial charge in [-0.25, -0.2) is 9.97 Å². The van der Waals surface area contributed by atoms with E-state index in [4.69, 9.17) is 4.98 Å². The second-order valence-corrected chi connectivity index (χ2v) is 6.35. The molecule has 0 saturated heterocycles. The van der Waals surface area contributed by atoms with Crippen molar-refractivity contribution in [1.82, 2.24) is 14.9 Å². The van der Waals surface area contributed by atoms with Crippen LogP contribution in [0.4, 0.5) is 0 Å². The van der Waals surface area contributed by atoms with Crippen molar-refractivity contribution in [3.63, 3.8) is 0 Å². The first-order chi connectivity index (χ1) is 9.38. The van der Waals surface area contributed by atoms with Crippen LogP contribution in [0, 0.1) is 0 Å². The van der Waals surface area contributed by atoms with E-state index >= 15 is 0 Å². The van der Waals surface area contributed by atoms with Gasteiger partial charge in [0.15, 0.2) is 0 Å². The van der Waals surface area contributed by atoms with E-state index in [1.54, 1.807) is 11.3 Å². The first-order valence-corrected chi connectivity index (χ1v) is 7.91. The van der Waals surface area contributed by atoms with Crippen molar-refractivity contribution in [2.75, 3.05) is 6.54 Å². The molecule has 19 heavy (non-hydrogen) atoms. The Hall–Kier alpha value is -1.26. The lowest BCUT2D eigenvalue weighted by Gasteiger charge is -2.27. The number of thiophene rings is 1. The molecule has 0 amide bonds. The molecule has 0 N–H and O–H groups in total. The van der Waals surface area contributed by atoms with Gasteiger partial charge >= 0.3 is 0 Å². The van der Waals surface area contributed by atoms with Crippen molar-refractivity contribution in [2.45, 2.75) is 38.3 Å². The fraction of sp³-hybridized carbons (Fsp3) is 0.467. The molecule has 0 spiro atoms. The standard InChI is InChI=1S/C15H17N3S/c1-2-12(1)15-16-7-13-9-18(5-3-14(13)17-15)8-11-4-6-19-10-11/h4,6-7,10,12H,1-3,5,8-9H2. The first-order valence-electron chi connectivity index (χ1n) is 6.96. The van der Waals surface area contributed by atoms with Crippen LogP contribution in [0.3, 0.4) is 0 Å². The van der Waals surface area contributed by atoms with Gasteiger partial charge in [-0.3, -0.25) is 4.90 Å². The molecule has 0 atom stereocenters. The number of hydrogen-bond acceptors (Lipinski definition) is 4. The summed E-state index contributed by atoms with van der Waals surface area (Å²) in [5, 5.41) is 4.39. The fourth-order valence-electron chi connectivity index (χ4n) is 2.70. The van der Waals surface area contributed by atoms with Gasteiger partial charge in [0.05, 0.1) is 0 Å². The van der Waals surface area contributed by atoms with Crippen molar-refractivity contribution >= 4 is 11.3 Å². The van der Waals surface area contributed by atoms with Crippen LogP contribution in [0.2, 0.25) is 0 Å². The van der Waals surface area contributed by atoms with E-state index in [2.05, 4.69) is 32.9 Å². The minimum atomic E-state index is 0.661. The van der Waals surface area contributed by atoms with Crippen LogP contribution in [0.1, 0.15) is 41.4 Å². The summed E-state index contributed by atoms with van der Waals surface area (Å²) in [4.78, 5) is 11.8. The van der Waals surface area contributed by atoms with Gasteiger partial charge in [-0.05, 0) is 35.2 Å². The van der Waals surface area contributed by atoms with Gasteiger partial charge in [0, 0.05) is 49.4 Å². The second-order valence-electron chi connectivity index (χ2n) is 5.57. The van der Waals surface area contributed by atoms with E-state index < -0.39 is 0 Å². The van der Waals surface area contributed by atoms with Gasteiger partial charge < -0.3 is 0 Å². The van der Waals surface area contributed by atoms with Crippen LogP contribution in [-0.4, -0.2) is 21.4 Å². The highest BCUT2D eigenvalue weighted by Gasteiger charge is 2.28. The van der Waals surface area contributed by atoms with Gasteiger partial charge in [-0.15, -0.1) is 0 Å². The average molecular weight is 271 g/mol. The molecule has 3 nitrogen and oxygen atoms in total. The fourth-order valence-corrected chi connectivity index (χ4v) is 3.36. The zero-order valence-electron chi connectivity index (χ0n) is 10.9. The monoisotopic (exact) mass is 271 g/mol. The largest absolute Gasteiger partial charge is 0.294 e. The lowest BCUT2D eigenvalue weighted by atomic mass is 10.1. The Morgan fingerprint density at radius 2 is 2.32 bits per heavy atom. The maximum Gasteiger partial charge on any atom is 0.131 e. The van der Waals surface area contributed by atoms with Crippen LogP contribution in [0.15, 0.2) is 23.0 Å². The van der Waals surface area contributed by atoms with Crippen molar-refractivity contribution < 1.29 is 0 Å². The summed E-state index contributed by atoms with van der Waals surface area (Å²) in [6.07, 6.45) is 5.70. The summed E-state index contributed by atoms with van der Waals surface area (Å²) < 4.78 is 0. The highest BCUT2D eigenvalue weighted by atomic mass is 32.1. The smallest absolute Gasteiger partial charge is 0.131 e. The maximum atomic E-state index is 4.77. The SMILES string of the molecule is c1cc(CN2CCc3nc(C4CC4)ncc3C2)cs1. The van der Waals surface area contributed by atoms with Gasteiger partial charge in [0.1, 0.15) is 5.82 Å². The molecule has 2 aromatic heterocycles. The number of aromatic nitrogens is 2. The highest BCUT2D eigenvalue weighted by Crippen LogP contribution is 2.38. The molecule has 1 saturated carbocycles. The van der Waals surface area contributed by atoms with Gasteiger partial charge in [0.2, 0.25) is 0 Å². The Kier molecular flexibility index (Phi) is 2.85. The molecule has 0 unspecified atom stereocenters. The molecule has 1 fully saturated rings. The molecule has 0 radical (unpaired) electrons. The van der Waals surface area contributed by atoms with Crippen molar-refractivity contribution in [2.24, 2.45) is 0 Å². The number of fused-ring (bicyclic) bond motifs is 1. The van der Waals surface area contributed by atoms with Crippen molar-refractivity contribution in [3.8, 4) is 0 Å². The molecule has 3 heterocycles. The zero-order chi connectivity index (χ0) is 12.7. The Morgan fingerprint density at radius 3 is 3.11 bits per heavy atom. The molecular formula is C15H17N3S. The van der Waals surface area contributed by atoms with E-state index in [0.717, 1.165) is 31.9 Å². The van der Waals surface area contributed by atoms with Crippen LogP contribution in [0.25, 0.3) is 0 Å². The van der Waals surface area contributed by atoms with E-state index in [0.29, 0.717) is 5.92 Å². The average Bonchev–Trinajstić information content (AvgIpc) is 3.17. The number of hydrogen-bond donors (Lipinski definition) is 0. The number of nitrogens with zero attached hydrogens (tertiary/aromatic N) is 3. The predicted molar refractivity (Wildman–Crippen MR) is 76.1 cm³/mol. The summed E-state index contributed by atoms with van der Waals surface area (Å²) in [7, 11) is 0. The minimum Gasteiger partial charge on any atom is -0.294 e. The Morgan fingerprint density at radius 1 is 1.37 bits per heavy atom. The first kappa shape index (κ1) is 11.6. The summed E-state index contributed by atoms with van der Waals surface area (Å²) in [6, 6.07) is 2.22. The van der Waals surface area contributed by atoms with Gasteiger partial charge in [-0.2, -0.15) is 11.3 Å². The molecule has 0 aromatic carbocycles. The summed E-state index contributed by atoms with van der Waals surface area (Å²) >= 11 is 1.77. The zero-order valence-corrected chi connectivity index (χ0v) is 11.7. The second kappa shape index (κ2) is 4.69. The van der Waals surface area contributed by atoms with E-state index in [1.165, 1.54) is 29.7 Å². The Labute approximate surface area is 117 Å². The topological polar surface area (TPSA) is 29.0 Å². The van der Waals surface area contributed by atoms with Crippen molar-refractivity contribution in [1.29, 1.82) is 0 Å². The maximum absolute atomic E-state index is 4.77. The van der Waals surface area contributed by atoms with Gasteiger partial charge in [-0.1, -0.05) is 0 Å². The Balaban J connectivity index is 1.50. The van der Waals surface area contributed by atoms with E-state index in [9.17, 15) is 0 Å². The molecule has 98 valence electrons. The van der Waals surface area contributed by atoms with E-state index in [1.807, 2.05) is 0 Å². The lowest BCUT2D eigenvalue weighted by Crippen LogP contribution is -2.31. The third-order valence-electron chi connectivity index (χ3n) is 3.96. The molecule has 2 aliphatic rings. The molecular weight excluding hydrogens is 254 g/mol. The summed E-state index contributed by atoms with van der Waals surface area (Å²) in [5.41, 5.74) is 4.04. The lowest BCUT2D eigenvalue weighted by molar-refractivity contribution is 0.243. The third-order valence-corrected chi connectivity index (χ3v) is 4.69. The van der Waals surface area contributed by atoms with Crippen molar-refractivity contribution in [3.05, 3.63) is 45.7 Å². The molecule has 1 aliphatic carbocycles. The van der Waals surface area contributed by atoms with Crippen LogP contribution < -0.4 is 0 Å². The van der Waals surface area contributed by atoms with E-state index in [-0.39, 0.29) is 0 Å². The molecule has 1 aliphatic heterocycles. The molecule has 4 rings (SSSR count).